The lowest BCUT2D eigenvalue weighted by molar-refractivity contribution is 0.360. The highest BCUT2D eigenvalue weighted by atomic mass is 32.2. The Hall–Kier alpha value is -3.27. The van der Waals surface area contributed by atoms with Crippen molar-refractivity contribution in [3.05, 3.63) is 72.2 Å². The zero-order valence-corrected chi connectivity index (χ0v) is 18.7. The predicted molar refractivity (Wildman–Crippen MR) is 130 cm³/mol. The number of phenols is 1. The average Bonchev–Trinajstić information content (AvgIpc) is 2.81. The molecule has 0 saturated carbocycles. The molecule has 1 saturated heterocycles. The molecule has 1 fully saturated rings. The average molecular weight is 454 g/mol. The molecule has 1 heterocycles. The number of aliphatic imine (C=N–C) groups is 2. The van der Waals surface area contributed by atoms with Crippen LogP contribution in [0.15, 0.2) is 81.5 Å². The molecule has 3 rings (SSSR count). The molecule has 1 aliphatic heterocycles. The number of nitrogens with zero attached hydrogens (tertiary/aromatic N) is 3. The number of phenolic OH excluding ortho intramolecular Hbond substituents is 1. The summed E-state index contributed by atoms with van der Waals surface area (Å²) in [6.45, 7) is 7.63. The molecule has 32 heavy (non-hydrogen) atoms. The largest absolute Gasteiger partial charge is 0.508 e. The van der Waals surface area contributed by atoms with E-state index in [1.54, 1.807) is 48.7 Å². The third-order valence-electron chi connectivity index (χ3n) is 4.79. The molecule has 0 bridgehead atoms. The quantitative estimate of drug-likeness (QED) is 0.533. The van der Waals surface area contributed by atoms with E-state index in [1.807, 2.05) is 25.1 Å². The van der Waals surface area contributed by atoms with Crippen molar-refractivity contribution in [3.63, 3.8) is 0 Å². The van der Waals surface area contributed by atoms with Gasteiger partial charge in [-0.15, -0.1) is 0 Å². The summed E-state index contributed by atoms with van der Waals surface area (Å²) in [6, 6.07) is 13.4. The van der Waals surface area contributed by atoms with Crippen LogP contribution in [0.25, 0.3) is 6.08 Å². The van der Waals surface area contributed by atoms with E-state index >= 15 is 0 Å². The van der Waals surface area contributed by atoms with E-state index in [0.29, 0.717) is 37.7 Å². The van der Waals surface area contributed by atoms with Crippen LogP contribution in [0.4, 0.5) is 5.69 Å². The highest BCUT2D eigenvalue weighted by molar-refractivity contribution is 7.89. The van der Waals surface area contributed by atoms with Crippen LogP contribution in [-0.4, -0.2) is 56.4 Å². The third-order valence-corrected chi connectivity index (χ3v) is 6.70. The van der Waals surface area contributed by atoms with Gasteiger partial charge in [0.05, 0.1) is 11.1 Å². The van der Waals surface area contributed by atoms with Crippen LogP contribution < -0.4 is 10.6 Å². The first-order valence-electron chi connectivity index (χ1n) is 10.1. The van der Waals surface area contributed by atoms with Gasteiger partial charge in [-0.1, -0.05) is 18.2 Å². The number of benzene rings is 2. The van der Waals surface area contributed by atoms with E-state index in [1.165, 1.54) is 4.31 Å². The fraction of sp³-hybridized carbons (Fsp3) is 0.217. The van der Waals surface area contributed by atoms with Crippen LogP contribution in [0.1, 0.15) is 12.5 Å². The Labute approximate surface area is 188 Å². The highest BCUT2D eigenvalue weighted by Gasteiger charge is 2.25. The number of anilines is 1. The van der Waals surface area contributed by atoms with Gasteiger partial charge in [-0.2, -0.15) is 4.31 Å². The molecule has 0 unspecified atom stereocenters. The number of hydrogen-bond donors (Lipinski definition) is 3. The summed E-state index contributed by atoms with van der Waals surface area (Å²) in [5, 5.41) is 15.7. The number of aromatic hydroxyl groups is 1. The van der Waals surface area contributed by atoms with E-state index < -0.39 is 10.0 Å². The van der Waals surface area contributed by atoms with Gasteiger partial charge in [0.1, 0.15) is 11.6 Å². The van der Waals surface area contributed by atoms with Gasteiger partial charge in [-0.05, 0) is 61.7 Å². The van der Waals surface area contributed by atoms with Crippen molar-refractivity contribution in [2.75, 3.05) is 31.5 Å². The summed E-state index contributed by atoms with van der Waals surface area (Å²) >= 11 is 0. The predicted octanol–water partition coefficient (Wildman–Crippen LogP) is 3.07. The summed E-state index contributed by atoms with van der Waals surface area (Å²) in [5.74, 6) is 0.628. The smallest absolute Gasteiger partial charge is 0.243 e. The van der Waals surface area contributed by atoms with Gasteiger partial charge >= 0.3 is 0 Å². The second-order valence-corrected chi connectivity index (χ2v) is 9.11. The number of hydrogen-bond acceptors (Lipinski definition) is 7. The Morgan fingerprint density at radius 3 is 2.56 bits per heavy atom. The molecule has 2 aromatic carbocycles. The molecule has 0 aliphatic carbocycles. The zero-order valence-electron chi connectivity index (χ0n) is 17.9. The van der Waals surface area contributed by atoms with Crippen molar-refractivity contribution in [2.24, 2.45) is 9.98 Å². The van der Waals surface area contributed by atoms with Gasteiger partial charge in [0, 0.05) is 37.6 Å². The maximum absolute atomic E-state index is 12.7. The van der Waals surface area contributed by atoms with Gasteiger partial charge < -0.3 is 15.7 Å². The molecule has 8 nitrogen and oxygen atoms in total. The van der Waals surface area contributed by atoms with Gasteiger partial charge in [0.2, 0.25) is 10.0 Å². The van der Waals surface area contributed by atoms with Crippen molar-refractivity contribution in [1.29, 1.82) is 0 Å². The maximum atomic E-state index is 12.7. The number of nitrogens with one attached hydrogen (secondary N) is 2. The summed E-state index contributed by atoms with van der Waals surface area (Å²) in [7, 11) is -3.50. The molecule has 3 N–H and O–H groups in total. The van der Waals surface area contributed by atoms with E-state index in [2.05, 4.69) is 27.3 Å². The molecule has 9 heteroatoms. The van der Waals surface area contributed by atoms with Crippen LogP contribution in [0.3, 0.4) is 0 Å². The molecule has 0 amide bonds. The maximum Gasteiger partial charge on any atom is 0.243 e. The molecule has 0 spiro atoms. The van der Waals surface area contributed by atoms with E-state index in [0.717, 1.165) is 11.3 Å². The summed E-state index contributed by atoms with van der Waals surface area (Å²) in [6.07, 6.45) is 5.21. The van der Waals surface area contributed by atoms with E-state index in [-0.39, 0.29) is 10.6 Å². The standard InChI is InChI=1S/C23H27N5O3S/c1-18(6-7-19-4-3-5-21(29)16-19)26-17-23(24-2)27-20-8-10-22(11-9-20)32(30,31)28-14-12-25-13-15-28/h3-11,16-17,25,27,29H,2,12-15H2,1H3/b7-6+,23-17+,26-18-. The summed E-state index contributed by atoms with van der Waals surface area (Å²) in [5.41, 5.74) is 2.26. The first-order valence-corrected chi connectivity index (χ1v) is 11.6. The van der Waals surface area contributed by atoms with Gasteiger partial charge in [-0.25, -0.2) is 13.4 Å². The second-order valence-electron chi connectivity index (χ2n) is 7.17. The van der Waals surface area contributed by atoms with E-state index in [9.17, 15) is 13.5 Å². The summed E-state index contributed by atoms with van der Waals surface area (Å²) in [4.78, 5) is 8.54. The van der Waals surface area contributed by atoms with Gasteiger partial charge in [-0.3, -0.25) is 4.99 Å². The van der Waals surface area contributed by atoms with Crippen molar-refractivity contribution < 1.29 is 13.5 Å². The number of sulfonamides is 1. The minimum absolute atomic E-state index is 0.204. The normalized spacial score (nSPS) is 16.3. The molecular weight excluding hydrogens is 426 g/mol. The molecule has 168 valence electrons. The Morgan fingerprint density at radius 1 is 1.19 bits per heavy atom. The van der Waals surface area contributed by atoms with Crippen LogP contribution in [0.5, 0.6) is 5.75 Å². The summed E-state index contributed by atoms with van der Waals surface area (Å²) < 4.78 is 27.0. The second kappa shape index (κ2) is 10.9. The molecule has 2 aromatic rings. The first-order chi connectivity index (χ1) is 15.4. The van der Waals surface area contributed by atoms with Gasteiger partial charge in [0.25, 0.3) is 0 Å². The lowest BCUT2D eigenvalue weighted by Gasteiger charge is -2.26. The van der Waals surface area contributed by atoms with Crippen LogP contribution in [0, 0.1) is 0 Å². The fourth-order valence-corrected chi connectivity index (χ4v) is 4.50. The van der Waals surface area contributed by atoms with Crippen molar-refractivity contribution in [2.45, 2.75) is 11.8 Å². The fourth-order valence-electron chi connectivity index (χ4n) is 3.06. The first kappa shape index (κ1) is 23.4. The molecule has 1 aliphatic rings. The minimum atomic E-state index is -3.50. The number of rotatable bonds is 8. The molecule has 0 atom stereocenters. The Morgan fingerprint density at radius 2 is 1.91 bits per heavy atom. The Bertz CT molecular complexity index is 1130. The van der Waals surface area contributed by atoms with Crippen molar-refractivity contribution in [3.8, 4) is 5.75 Å². The SMILES string of the molecule is C=N\C(=C/N=C(C)\C=C\c1cccc(O)c1)Nc1ccc(S(=O)(=O)N2CCNCC2)cc1. The zero-order chi connectivity index (χ0) is 23.0. The van der Waals surface area contributed by atoms with Crippen molar-refractivity contribution in [1.82, 2.24) is 9.62 Å². The van der Waals surface area contributed by atoms with Crippen molar-refractivity contribution >= 4 is 34.2 Å². The number of piperazine rings is 1. The molecule has 0 radical (unpaired) electrons. The third kappa shape index (κ3) is 6.36. The lowest BCUT2D eigenvalue weighted by Crippen LogP contribution is -2.46. The van der Waals surface area contributed by atoms with Gasteiger partial charge in [0.15, 0.2) is 0 Å². The van der Waals surface area contributed by atoms with Crippen LogP contribution in [-0.2, 0) is 10.0 Å². The minimum Gasteiger partial charge on any atom is -0.508 e. The molecule has 0 aromatic heterocycles. The monoisotopic (exact) mass is 453 g/mol. The highest BCUT2D eigenvalue weighted by Crippen LogP contribution is 2.20. The number of allylic oxidation sites excluding steroid dienone is 1. The van der Waals surface area contributed by atoms with E-state index in [4.69, 9.17) is 0 Å². The Kier molecular flexibility index (Phi) is 7.93. The van der Waals surface area contributed by atoms with Crippen LogP contribution >= 0.6 is 0 Å². The molecular formula is C23H27N5O3S. The topological polar surface area (TPSA) is 106 Å². The van der Waals surface area contributed by atoms with Crippen LogP contribution in [0.2, 0.25) is 0 Å². The lowest BCUT2D eigenvalue weighted by atomic mass is 10.2. The Balaban J connectivity index is 1.66.